The standard InChI is InChI=1S/C12H19F3N2/c1-4-6-7-11(3,5-2)9-8-16-10(17-9)12(13,14)15/h8H,4-7H2,1-3H3,(H,16,17). The number of halogens is 3. The fourth-order valence-corrected chi connectivity index (χ4v) is 1.84. The SMILES string of the molecule is CCCCC(C)(CC)c1cnc(C(F)(F)F)[nH]1. The van der Waals surface area contributed by atoms with Gasteiger partial charge in [0.15, 0.2) is 0 Å². The monoisotopic (exact) mass is 248 g/mol. The third-order valence-corrected chi connectivity index (χ3v) is 3.36. The molecule has 1 N–H and O–H groups in total. The predicted octanol–water partition coefficient (Wildman–Crippen LogP) is 4.29. The average Bonchev–Trinajstić information content (AvgIpc) is 2.75. The molecule has 0 aromatic carbocycles. The highest BCUT2D eigenvalue weighted by molar-refractivity contribution is 5.15. The molecular weight excluding hydrogens is 229 g/mol. The van der Waals surface area contributed by atoms with Crippen molar-refractivity contribution < 1.29 is 13.2 Å². The molecule has 0 saturated carbocycles. The van der Waals surface area contributed by atoms with Crippen LogP contribution in [-0.4, -0.2) is 9.97 Å². The van der Waals surface area contributed by atoms with Crippen LogP contribution in [0.3, 0.4) is 0 Å². The number of unbranched alkanes of at least 4 members (excludes halogenated alkanes) is 1. The molecule has 0 spiro atoms. The highest BCUT2D eigenvalue weighted by Crippen LogP contribution is 2.34. The van der Waals surface area contributed by atoms with Crippen molar-refractivity contribution in [2.75, 3.05) is 0 Å². The number of rotatable bonds is 5. The predicted molar refractivity (Wildman–Crippen MR) is 60.8 cm³/mol. The average molecular weight is 248 g/mol. The van der Waals surface area contributed by atoms with Gasteiger partial charge in [-0.05, 0) is 12.8 Å². The number of imidazole rings is 1. The van der Waals surface area contributed by atoms with Crippen LogP contribution in [-0.2, 0) is 11.6 Å². The molecule has 0 saturated heterocycles. The molecule has 0 aliphatic rings. The van der Waals surface area contributed by atoms with E-state index >= 15 is 0 Å². The molecule has 0 aliphatic heterocycles. The summed E-state index contributed by atoms with van der Waals surface area (Å²) in [4.78, 5) is 5.85. The smallest absolute Gasteiger partial charge is 0.338 e. The van der Waals surface area contributed by atoms with Crippen molar-refractivity contribution in [3.05, 3.63) is 17.7 Å². The van der Waals surface area contributed by atoms with Crippen molar-refractivity contribution in [1.29, 1.82) is 0 Å². The summed E-state index contributed by atoms with van der Waals surface area (Å²) in [5.74, 6) is -0.899. The number of nitrogens with zero attached hydrogens (tertiary/aromatic N) is 1. The van der Waals surface area contributed by atoms with E-state index in [9.17, 15) is 13.2 Å². The minimum Gasteiger partial charge on any atom is -0.338 e. The van der Waals surface area contributed by atoms with Gasteiger partial charge in [0.1, 0.15) is 0 Å². The minimum atomic E-state index is -4.39. The van der Waals surface area contributed by atoms with Crippen LogP contribution < -0.4 is 0 Å². The highest BCUT2D eigenvalue weighted by atomic mass is 19.4. The maximum atomic E-state index is 12.5. The van der Waals surface area contributed by atoms with E-state index < -0.39 is 12.0 Å². The summed E-state index contributed by atoms with van der Waals surface area (Å²) in [5.41, 5.74) is 0.341. The molecule has 1 unspecified atom stereocenters. The summed E-state index contributed by atoms with van der Waals surface area (Å²) in [6, 6.07) is 0. The van der Waals surface area contributed by atoms with Gasteiger partial charge >= 0.3 is 6.18 Å². The Morgan fingerprint density at radius 1 is 1.29 bits per heavy atom. The molecule has 2 nitrogen and oxygen atoms in total. The number of hydrogen-bond donors (Lipinski definition) is 1. The largest absolute Gasteiger partial charge is 0.449 e. The molecule has 0 amide bonds. The summed E-state index contributed by atoms with van der Waals surface area (Å²) in [7, 11) is 0. The van der Waals surface area contributed by atoms with Gasteiger partial charge in [-0.2, -0.15) is 13.2 Å². The molecule has 1 aromatic heterocycles. The molecular formula is C12H19F3N2. The first kappa shape index (κ1) is 14.1. The van der Waals surface area contributed by atoms with Crippen molar-refractivity contribution in [3.8, 4) is 0 Å². The van der Waals surface area contributed by atoms with E-state index in [1.165, 1.54) is 6.20 Å². The van der Waals surface area contributed by atoms with Crippen LogP contribution in [0.2, 0.25) is 0 Å². The van der Waals surface area contributed by atoms with Crippen LogP contribution in [0.15, 0.2) is 6.20 Å². The van der Waals surface area contributed by atoms with E-state index in [-0.39, 0.29) is 5.41 Å². The first-order valence-corrected chi connectivity index (χ1v) is 5.96. The van der Waals surface area contributed by atoms with Gasteiger partial charge in [-0.25, -0.2) is 4.98 Å². The minimum absolute atomic E-state index is 0.244. The van der Waals surface area contributed by atoms with E-state index in [0.29, 0.717) is 5.69 Å². The Kier molecular flexibility index (Phi) is 4.22. The Morgan fingerprint density at radius 3 is 2.35 bits per heavy atom. The summed E-state index contributed by atoms with van der Waals surface area (Å²) < 4.78 is 37.4. The summed E-state index contributed by atoms with van der Waals surface area (Å²) >= 11 is 0. The van der Waals surface area contributed by atoms with Crippen molar-refractivity contribution in [2.45, 2.75) is 58.0 Å². The maximum Gasteiger partial charge on any atom is 0.449 e. The summed E-state index contributed by atoms with van der Waals surface area (Å²) in [6.45, 7) is 6.05. The highest BCUT2D eigenvalue weighted by Gasteiger charge is 2.36. The zero-order valence-electron chi connectivity index (χ0n) is 10.5. The van der Waals surface area contributed by atoms with Gasteiger partial charge in [-0.1, -0.05) is 33.6 Å². The van der Waals surface area contributed by atoms with Crippen LogP contribution in [0.5, 0.6) is 0 Å². The zero-order chi connectivity index (χ0) is 13.1. The zero-order valence-corrected chi connectivity index (χ0v) is 10.5. The van der Waals surface area contributed by atoms with E-state index in [1.54, 1.807) is 0 Å². The van der Waals surface area contributed by atoms with E-state index in [2.05, 4.69) is 16.9 Å². The van der Waals surface area contributed by atoms with Crippen LogP contribution >= 0.6 is 0 Å². The van der Waals surface area contributed by atoms with Gasteiger partial charge in [0, 0.05) is 17.3 Å². The van der Waals surface area contributed by atoms with Crippen LogP contribution in [0.4, 0.5) is 13.2 Å². The van der Waals surface area contributed by atoms with Crippen molar-refractivity contribution in [2.24, 2.45) is 0 Å². The molecule has 17 heavy (non-hydrogen) atoms. The van der Waals surface area contributed by atoms with Crippen LogP contribution in [0.25, 0.3) is 0 Å². The lowest BCUT2D eigenvalue weighted by molar-refractivity contribution is -0.144. The number of nitrogens with one attached hydrogen (secondary N) is 1. The molecule has 5 heteroatoms. The number of alkyl halides is 3. The number of H-pyrrole nitrogens is 1. The van der Waals surface area contributed by atoms with Gasteiger partial charge in [-0.15, -0.1) is 0 Å². The van der Waals surface area contributed by atoms with Gasteiger partial charge in [0.25, 0.3) is 0 Å². The third-order valence-electron chi connectivity index (χ3n) is 3.36. The molecule has 0 fully saturated rings. The number of aromatic amines is 1. The Morgan fingerprint density at radius 2 is 1.94 bits per heavy atom. The van der Waals surface area contributed by atoms with Crippen molar-refractivity contribution >= 4 is 0 Å². The van der Waals surface area contributed by atoms with E-state index in [1.807, 2.05) is 13.8 Å². The second kappa shape index (κ2) is 5.10. The lowest BCUT2D eigenvalue weighted by atomic mass is 9.80. The van der Waals surface area contributed by atoms with Gasteiger partial charge in [0.2, 0.25) is 5.82 Å². The lowest BCUT2D eigenvalue weighted by Gasteiger charge is -2.26. The summed E-state index contributed by atoms with van der Waals surface area (Å²) in [5, 5.41) is 0. The molecule has 1 rings (SSSR count). The first-order chi connectivity index (χ1) is 7.83. The Hall–Kier alpha value is -1.00. The topological polar surface area (TPSA) is 28.7 Å². The second-order valence-electron chi connectivity index (χ2n) is 4.66. The molecule has 0 aliphatic carbocycles. The quantitative estimate of drug-likeness (QED) is 0.827. The van der Waals surface area contributed by atoms with Gasteiger partial charge in [-0.3, -0.25) is 0 Å². The van der Waals surface area contributed by atoms with Gasteiger partial charge < -0.3 is 4.98 Å². The first-order valence-electron chi connectivity index (χ1n) is 5.96. The Bertz CT molecular complexity index is 357. The van der Waals surface area contributed by atoms with Crippen LogP contribution in [0, 0.1) is 0 Å². The molecule has 0 radical (unpaired) electrons. The van der Waals surface area contributed by atoms with Gasteiger partial charge in [0.05, 0.1) is 0 Å². The maximum absolute atomic E-state index is 12.5. The molecule has 98 valence electrons. The van der Waals surface area contributed by atoms with Crippen molar-refractivity contribution in [1.82, 2.24) is 9.97 Å². The van der Waals surface area contributed by atoms with E-state index in [0.717, 1.165) is 25.7 Å². The lowest BCUT2D eigenvalue weighted by Crippen LogP contribution is -2.21. The Labute approximate surface area is 99.6 Å². The molecule has 1 heterocycles. The van der Waals surface area contributed by atoms with Crippen LogP contribution in [0.1, 0.15) is 58.0 Å². The molecule has 1 aromatic rings. The second-order valence-corrected chi connectivity index (χ2v) is 4.66. The third kappa shape index (κ3) is 3.23. The molecule has 0 bridgehead atoms. The Balaban J connectivity index is 2.93. The van der Waals surface area contributed by atoms with E-state index in [4.69, 9.17) is 0 Å². The number of aromatic nitrogens is 2. The normalized spacial score (nSPS) is 15.9. The number of hydrogen-bond acceptors (Lipinski definition) is 1. The fraction of sp³-hybridized carbons (Fsp3) is 0.750. The summed E-state index contributed by atoms with van der Waals surface area (Å²) in [6.07, 6.45) is 0.645. The molecule has 1 atom stereocenters. The fourth-order valence-electron chi connectivity index (χ4n) is 1.84. The van der Waals surface area contributed by atoms with Crippen molar-refractivity contribution in [3.63, 3.8) is 0 Å².